The molecule has 1 saturated heterocycles. The Morgan fingerprint density at radius 1 is 1.52 bits per heavy atom. The van der Waals surface area contributed by atoms with Gasteiger partial charge in [0, 0.05) is 20.2 Å². The smallest absolute Gasteiger partial charge is 0.225 e. The van der Waals surface area contributed by atoms with E-state index < -0.39 is 0 Å². The third-order valence-corrected chi connectivity index (χ3v) is 3.66. The Morgan fingerprint density at radius 2 is 2.24 bits per heavy atom. The number of hydrogen-bond donors (Lipinski definition) is 1. The molecule has 1 aromatic rings. The average Bonchev–Trinajstić information content (AvgIpc) is 2.53. The van der Waals surface area contributed by atoms with Crippen LogP contribution in [-0.2, 0) is 14.3 Å². The van der Waals surface area contributed by atoms with Crippen molar-refractivity contribution < 1.29 is 18.7 Å². The molecule has 0 aliphatic carbocycles. The van der Waals surface area contributed by atoms with Gasteiger partial charge in [0.15, 0.2) is 0 Å². The van der Waals surface area contributed by atoms with E-state index in [9.17, 15) is 9.18 Å². The number of amides is 1. The van der Waals surface area contributed by atoms with Crippen LogP contribution in [0.3, 0.4) is 0 Å². The van der Waals surface area contributed by atoms with E-state index in [1.165, 1.54) is 12.1 Å². The minimum absolute atomic E-state index is 0.00251. The van der Waals surface area contributed by atoms with E-state index in [0.29, 0.717) is 26.2 Å². The van der Waals surface area contributed by atoms with Gasteiger partial charge in [0.1, 0.15) is 11.9 Å². The third kappa shape index (κ3) is 4.23. The maximum Gasteiger partial charge on any atom is 0.225 e. The lowest BCUT2D eigenvalue weighted by molar-refractivity contribution is -0.141. The highest BCUT2D eigenvalue weighted by Crippen LogP contribution is 2.23. The first-order valence-corrected chi connectivity index (χ1v) is 7.01. The fourth-order valence-electron chi connectivity index (χ4n) is 2.34. The number of methoxy groups -OCH3 is 1. The van der Waals surface area contributed by atoms with Gasteiger partial charge in [0.05, 0.1) is 25.7 Å². The van der Waals surface area contributed by atoms with E-state index in [-0.39, 0.29) is 30.4 Å². The number of halogens is 1. The summed E-state index contributed by atoms with van der Waals surface area (Å²) in [5.74, 6) is -0.281. The fourth-order valence-corrected chi connectivity index (χ4v) is 2.34. The summed E-state index contributed by atoms with van der Waals surface area (Å²) >= 11 is 0. The van der Waals surface area contributed by atoms with Gasteiger partial charge in [-0.3, -0.25) is 4.79 Å². The van der Waals surface area contributed by atoms with Crippen molar-refractivity contribution in [2.75, 3.05) is 33.4 Å². The topological polar surface area (TPSA) is 64.8 Å². The Labute approximate surface area is 123 Å². The molecule has 1 amide bonds. The Kier molecular flexibility index (Phi) is 5.67. The molecule has 0 saturated carbocycles. The molecular formula is C15H21FN2O3. The predicted molar refractivity (Wildman–Crippen MR) is 76.1 cm³/mol. The van der Waals surface area contributed by atoms with Crippen molar-refractivity contribution in [3.8, 4) is 0 Å². The lowest BCUT2D eigenvalue weighted by Gasteiger charge is -2.34. The molecule has 2 unspecified atom stereocenters. The highest BCUT2D eigenvalue weighted by Gasteiger charge is 2.26. The van der Waals surface area contributed by atoms with Gasteiger partial charge in [-0.1, -0.05) is 12.1 Å². The Bertz CT molecular complexity index is 462. The van der Waals surface area contributed by atoms with Crippen LogP contribution < -0.4 is 5.73 Å². The number of carbonyl (C=O) groups excluding carboxylic acids is 1. The quantitative estimate of drug-likeness (QED) is 0.883. The molecule has 21 heavy (non-hydrogen) atoms. The summed E-state index contributed by atoms with van der Waals surface area (Å²) in [6, 6.07) is 6.17. The summed E-state index contributed by atoms with van der Waals surface area (Å²) in [4.78, 5) is 14.0. The zero-order chi connectivity index (χ0) is 15.2. The third-order valence-electron chi connectivity index (χ3n) is 3.66. The molecule has 2 atom stereocenters. The lowest BCUT2D eigenvalue weighted by Crippen LogP contribution is -2.44. The maximum atomic E-state index is 12.9. The molecule has 1 aliphatic heterocycles. The van der Waals surface area contributed by atoms with Crippen molar-refractivity contribution in [2.24, 2.45) is 5.73 Å². The number of hydrogen-bond acceptors (Lipinski definition) is 4. The van der Waals surface area contributed by atoms with Crippen LogP contribution in [0.5, 0.6) is 0 Å². The number of rotatable bonds is 5. The Morgan fingerprint density at radius 3 is 2.86 bits per heavy atom. The zero-order valence-corrected chi connectivity index (χ0v) is 12.1. The molecule has 116 valence electrons. The van der Waals surface area contributed by atoms with Gasteiger partial charge in [0.2, 0.25) is 5.91 Å². The molecule has 6 heteroatoms. The summed E-state index contributed by atoms with van der Waals surface area (Å²) in [7, 11) is 1.55. The number of nitrogens with zero attached hydrogens (tertiary/aromatic N) is 1. The van der Waals surface area contributed by atoms with Gasteiger partial charge >= 0.3 is 0 Å². The molecule has 1 aromatic carbocycles. The second kappa shape index (κ2) is 7.49. The van der Waals surface area contributed by atoms with Gasteiger partial charge < -0.3 is 20.1 Å². The second-order valence-electron chi connectivity index (χ2n) is 5.05. The van der Waals surface area contributed by atoms with Gasteiger partial charge in [-0.2, -0.15) is 0 Å². The first-order valence-electron chi connectivity index (χ1n) is 7.01. The van der Waals surface area contributed by atoms with Crippen LogP contribution in [0.2, 0.25) is 0 Å². The van der Waals surface area contributed by atoms with Gasteiger partial charge in [0.25, 0.3) is 0 Å². The molecule has 1 heterocycles. The van der Waals surface area contributed by atoms with Gasteiger partial charge in [-0.15, -0.1) is 0 Å². The average molecular weight is 296 g/mol. The Balaban J connectivity index is 1.97. The van der Waals surface area contributed by atoms with E-state index in [1.54, 1.807) is 24.1 Å². The fraction of sp³-hybridized carbons (Fsp3) is 0.533. The first kappa shape index (κ1) is 15.9. The molecular weight excluding hydrogens is 275 g/mol. The number of morpholine rings is 1. The number of carbonyl (C=O) groups is 1. The lowest BCUT2D eigenvalue weighted by atomic mass is 10.1. The van der Waals surface area contributed by atoms with Crippen LogP contribution in [0.4, 0.5) is 4.39 Å². The number of ether oxygens (including phenoxy) is 2. The van der Waals surface area contributed by atoms with E-state index >= 15 is 0 Å². The standard InChI is InChI=1S/C15H21FN2O3/c1-20-13(9-17)8-15(19)18-6-7-21-14(10-18)11-2-4-12(16)5-3-11/h2-5,13-14H,6-10,17H2,1H3. The largest absolute Gasteiger partial charge is 0.380 e. The van der Waals surface area contributed by atoms with Crippen molar-refractivity contribution >= 4 is 5.91 Å². The molecule has 0 radical (unpaired) electrons. The molecule has 5 nitrogen and oxygen atoms in total. The molecule has 1 aliphatic rings. The molecule has 0 spiro atoms. The first-order chi connectivity index (χ1) is 10.1. The molecule has 0 bridgehead atoms. The van der Waals surface area contributed by atoms with E-state index in [1.807, 2.05) is 0 Å². The monoisotopic (exact) mass is 296 g/mol. The minimum Gasteiger partial charge on any atom is -0.380 e. The van der Waals surface area contributed by atoms with Crippen LogP contribution >= 0.6 is 0 Å². The SMILES string of the molecule is COC(CN)CC(=O)N1CCOC(c2ccc(F)cc2)C1. The van der Waals surface area contributed by atoms with Crippen molar-refractivity contribution in [2.45, 2.75) is 18.6 Å². The second-order valence-corrected chi connectivity index (χ2v) is 5.05. The van der Waals surface area contributed by atoms with Gasteiger partial charge in [-0.05, 0) is 17.7 Å². The highest BCUT2D eigenvalue weighted by atomic mass is 19.1. The summed E-state index contributed by atoms with van der Waals surface area (Å²) in [6.07, 6.45) is -0.213. The summed E-state index contributed by atoms with van der Waals surface area (Å²) in [5.41, 5.74) is 6.41. The van der Waals surface area contributed by atoms with Crippen LogP contribution in [-0.4, -0.2) is 50.3 Å². The molecule has 2 rings (SSSR count). The van der Waals surface area contributed by atoms with Crippen molar-refractivity contribution in [1.82, 2.24) is 4.90 Å². The van der Waals surface area contributed by atoms with Crippen LogP contribution in [0.1, 0.15) is 18.1 Å². The minimum atomic E-state index is -0.284. The van der Waals surface area contributed by atoms with Crippen LogP contribution in [0.15, 0.2) is 24.3 Å². The normalized spacial score (nSPS) is 20.3. The number of nitrogens with two attached hydrogens (primary N) is 1. The molecule has 0 aromatic heterocycles. The summed E-state index contributed by atoms with van der Waals surface area (Å²) in [5, 5.41) is 0. The molecule has 1 fully saturated rings. The van der Waals surface area contributed by atoms with Crippen molar-refractivity contribution in [3.63, 3.8) is 0 Å². The van der Waals surface area contributed by atoms with E-state index in [2.05, 4.69) is 0 Å². The number of benzene rings is 1. The van der Waals surface area contributed by atoms with Crippen LogP contribution in [0, 0.1) is 5.82 Å². The van der Waals surface area contributed by atoms with Crippen molar-refractivity contribution in [3.05, 3.63) is 35.6 Å². The van der Waals surface area contributed by atoms with E-state index in [4.69, 9.17) is 15.2 Å². The van der Waals surface area contributed by atoms with Crippen LogP contribution in [0.25, 0.3) is 0 Å². The summed E-state index contributed by atoms with van der Waals surface area (Å²) in [6.45, 7) is 1.80. The highest BCUT2D eigenvalue weighted by molar-refractivity contribution is 5.76. The Hall–Kier alpha value is -1.50. The van der Waals surface area contributed by atoms with Crippen molar-refractivity contribution in [1.29, 1.82) is 0 Å². The molecule has 2 N–H and O–H groups in total. The predicted octanol–water partition coefficient (Wildman–Crippen LogP) is 1.09. The van der Waals surface area contributed by atoms with Gasteiger partial charge in [-0.25, -0.2) is 4.39 Å². The van der Waals surface area contributed by atoms with E-state index in [0.717, 1.165) is 5.56 Å². The summed E-state index contributed by atoms with van der Waals surface area (Å²) < 4.78 is 23.8. The maximum absolute atomic E-state index is 12.9. The zero-order valence-electron chi connectivity index (χ0n) is 12.1.